The Morgan fingerprint density at radius 2 is 1.96 bits per heavy atom. The first-order chi connectivity index (χ1) is 10.7. The van der Waals surface area contributed by atoms with E-state index in [9.17, 15) is 13.2 Å². The van der Waals surface area contributed by atoms with Crippen LogP contribution in [0.4, 0.5) is 13.2 Å². The molecule has 0 saturated carbocycles. The van der Waals surface area contributed by atoms with Gasteiger partial charge in [0, 0.05) is 0 Å². The van der Waals surface area contributed by atoms with E-state index >= 15 is 0 Å². The minimum atomic E-state index is -4.23. The summed E-state index contributed by atoms with van der Waals surface area (Å²) in [5.74, 6) is 0.0200. The molecule has 0 aliphatic heterocycles. The van der Waals surface area contributed by atoms with E-state index in [1.807, 2.05) is 6.92 Å². The van der Waals surface area contributed by atoms with E-state index in [-0.39, 0.29) is 11.3 Å². The summed E-state index contributed by atoms with van der Waals surface area (Å²) in [6, 6.07) is 0. The second kappa shape index (κ2) is 7.11. The van der Waals surface area contributed by atoms with Gasteiger partial charge in [0.1, 0.15) is 0 Å². The molecule has 0 aromatic heterocycles. The van der Waals surface area contributed by atoms with E-state index in [2.05, 4.69) is 32.1 Å². The average molecular weight is 324 g/mol. The van der Waals surface area contributed by atoms with Crippen LogP contribution in [0.2, 0.25) is 0 Å². The minimum Gasteiger partial charge on any atom is -0.166 e. The maximum Gasteiger partial charge on any atom is 0.416 e. The van der Waals surface area contributed by atoms with Crippen molar-refractivity contribution in [3.8, 4) is 0 Å². The summed E-state index contributed by atoms with van der Waals surface area (Å²) in [6.45, 7) is 6.37. The molecule has 2 aliphatic carbocycles. The molecule has 23 heavy (non-hydrogen) atoms. The Morgan fingerprint density at radius 3 is 2.52 bits per heavy atom. The van der Waals surface area contributed by atoms with Crippen LogP contribution in [0, 0.1) is 11.3 Å². The van der Waals surface area contributed by atoms with Gasteiger partial charge in [-0.1, -0.05) is 62.3 Å². The summed E-state index contributed by atoms with van der Waals surface area (Å²) < 4.78 is 39.2. The number of hydrogen-bond donors (Lipinski definition) is 0. The molecule has 1 atom stereocenters. The molecule has 3 heteroatoms. The predicted molar refractivity (Wildman–Crippen MR) is 90.1 cm³/mol. The number of hydrogen-bond acceptors (Lipinski definition) is 0. The first-order valence-electron chi connectivity index (χ1n) is 8.57. The maximum atomic E-state index is 13.1. The summed E-state index contributed by atoms with van der Waals surface area (Å²) in [4.78, 5) is 0. The largest absolute Gasteiger partial charge is 0.416 e. The fourth-order valence-corrected chi connectivity index (χ4v) is 3.39. The molecule has 0 saturated heterocycles. The van der Waals surface area contributed by atoms with Crippen molar-refractivity contribution in [3.05, 3.63) is 47.1 Å². The maximum absolute atomic E-state index is 13.1. The highest BCUT2D eigenvalue weighted by Crippen LogP contribution is 2.40. The third-order valence-corrected chi connectivity index (χ3v) is 5.11. The van der Waals surface area contributed by atoms with Crippen LogP contribution >= 0.6 is 0 Å². The molecule has 0 fully saturated rings. The van der Waals surface area contributed by atoms with Gasteiger partial charge in [-0.25, -0.2) is 0 Å². The van der Waals surface area contributed by atoms with E-state index in [1.165, 1.54) is 17.7 Å². The molecule has 0 radical (unpaired) electrons. The third kappa shape index (κ3) is 4.86. The molecule has 128 valence electrons. The third-order valence-electron chi connectivity index (χ3n) is 5.11. The molecule has 2 aliphatic rings. The van der Waals surface area contributed by atoms with Gasteiger partial charge in [0.15, 0.2) is 0 Å². The molecule has 0 aromatic rings. The zero-order valence-corrected chi connectivity index (χ0v) is 14.3. The lowest BCUT2D eigenvalue weighted by Gasteiger charge is -2.31. The Morgan fingerprint density at radius 1 is 1.22 bits per heavy atom. The van der Waals surface area contributed by atoms with Crippen LogP contribution in [0.3, 0.4) is 0 Å². The standard InChI is InChI=1S/C20H27F3/c1-4-15-12-16(14-18(13-15)20(21,22)23)10-11-19(2,3)17-8-6-5-7-9-17/h5-6,8,13-15H,4,7,9-12H2,1-3H3. The van der Waals surface area contributed by atoms with Crippen LogP contribution in [0.5, 0.6) is 0 Å². The SMILES string of the molecule is CCC1C=C(C(F)(F)F)C=C(CCC(C)(C)C2=CC=CCC2)C1. The van der Waals surface area contributed by atoms with Crippen LogP contribution in [0.1, 0.15) is 59.3 Å². The van der Waals surface area contributed by atoms with Crippen molar-refractivity contribution in [2.75, 3.05) is 0 Å². The van der Waals surface area contributed by atoms with Gasteiger partial charge in [0.05, 0.1) is 5.57 Å². The molecule has 0 spiro atoms. The van der Waals surface area contributed by atoms with Crippen LogP contribution in [-0.2, 0) is 0 Å². The van der Waals surface area contributed by atoms with Crippen molar-refractivity contribution in [2.24, 2.45) is 11.3 Å². The summed E-state index contributed by atoms with van der Waals surface area (Å²) in [6.07, 6.45) is 10.3. The van der Waals surface area contributed by atoms with Crippen LogP contribution in [0.15, 0.2) is 47.1 Å². The summed E-state index contributed by atoms with van der Waals surface area (Å²) in [7, 11) is 0. The van der Waals surface area contributed by atoms with Gasteiger partial charge >= 0.3 is 6.18 Å². The number of rotatable bonds is 5. The second-order valence-electron chi connectivity index (χ2n) is 7.34. The number of allylic oxidation sites excluding steroid dienone is 8. The van der Waals surface area contributed by atoms with Gasteiger partial charge in [-0.2, -0.15) is 13.2 Å². The van der Waals surface area contributed by atoms with Crippen molar-refractivity contribution in [3.63, 3.8) is 0 Å². The second-order valence-corrected chi connectivity index (χ2v) is 7.34. The fourth-order valence-electron chi connectivity index (χ4n) is 3.39. The average Bonchev–Trinajstić information content (AvgIpc) is 2.53. The van der Waals surface area contributed by atoms with Gasteiger partial charge < -0.3 is 0 Å². The van der Waals surface area contributed by atoms with Crippen molar-refractivity contribution in [1.82, 2.24) is 0 Å². The Bertz CT molecular complexity index is 542. The fraction of sp³-hybridized carbons (Fsp3) is 0.600. The lowest BCUT2D eigenvalue weighted by molar-refractivity contribution is -0.0890. The molecule has 2 rings (SSSR count). The zero-order valence-electron chi connectivity index (χ0n) is 14.3. The Hall–Kier alpha value is -1.25. The summed E-state index contributed by atoms with van der Waals surface area (Å²) >= 11 is 0. The zero-order chi connectivity index (χ0) is 17.1. The molecular weight excluding hydrogens is 297 g/mol. The highest BCUT2D eigenvalue weighted by Gasteiger charge is 2.35. The van der Waals surface area contributed by atoms with Gasteiger partial charge in [-0.15, -0.1) is 0 Å². The summed E-state index contributed by atoms with van der Waals surface area (Å²) in [5, 5.41) is 0. The van der Waals surface area contributed by atoms with Gasteiger partial charge in [0.25, 0.3) is 0 Å². The van der Waals surface area contributed by atoms with Crippen molar-refractivity contribution in [2.45, 2.75) is 65.5 Å². The molecule has 0 bridgehead atoms. The van der Waals surface area contributed by atoms with Crippen molar-refractivity contribution < 1.29 is 13.2 Å². The predicted octanol–water partition coefficient (Wildman–Crippen LogP) is 6.91. The molecule has 0 heterocycles. The number of alkyl halides is 3. The molecule has 0 amide bonds. The molecule has 0 N–H and O–H groups in total. The number of halogens is 3. The van der Waals surface area contributed by atoms with Gasteiger partial charge in [0.2, 0.25) is 0 Å². The van der Waals surface area contributed by atoms with E-state index < -0.39 is 11.7 Å². The monoisotopic (exact) mass is 324 g/mol. The van der Waals surface area contributed by atoms with Crippen LogP contribution < -0.4 is 0 Å². The molecule has 0 nitrogen and oxygen atoms in total. The molecular formula is C20H27F3. The first-order valence-corrected chi connectivity index (χ1v) is 8.57. The Labute approximate surface area is 137 Å². The van der Waals surface area contributed by atoms with Crippen molar-refractivity contribution in [1.29, 1.82) is 0 Å². The van der Waals surface area contributed by atoms with Gasteiger partial charge in [-0.05, 0) is 49.9 Å². The van der Waals surface area contributed by atoms with E-state index in [0.29, 0.717) is 0 Å². The van der Waals surface area contributed by atoms with Crippen molar-refractivity contribution >= 4 is 0 Å². The summed E-state index contributed by atoms with van der Waals surface area (Å²) in [5.41, 5.74) is 1.96. The molecule has 0 aromatic carbocycles. The topological polar surface area (TPSA) is 0 Å². The lowest BCUT2D eigenvalue weighted by atomic mass is 9.75. The highest BCUT2D eigenvalue weighted by atomic mass is 19.4. The van der Waals surface area contributed by atoms with Crippen LogP contribution in [-0.4, -0.2) is 6.18 Å². The quantitative estimate of drug-likeness (QED) is 0.515. The van der Waals surface area contributed by atoms with E-state index in [0.717, 1.165) is 44.1 Å². The Balaban J connectivity index is 2.07. The Kier molecular flexibility index (Phi) is 5.59. The smallest absolute Gasteiger partial charge is 0.166 e. The highest BCUT2D eigenvalue weighted by molar-refractivity contribution is 5.33. The lowest BCUT2D eigenvalue weighted by Crippen LogP contribution is -2.19. The first kappa shape index (κ1) is 18.1. The van der Waals surface area contributed by atoms with E-state index in [1.54, 1.807) is 0 Å². The minimum absolute atomic E-state index is 0.0200. The van der Waals surface area contributed by atoms with Crippen LogP contribution in [0.25, 0.3) is 0 Å². The van der Waals surface area contributed by atoms with E-state index in [4.69, 9.17) is 0 Å². The molecule has 1 unspecified atom stereocenters. The van der Waals surface area contributed by atoms with Gasteiger partial charge in [-0.3, -0.25) is 0 Å². The normalized spacial score (nSPS) is 22.5.